The largest absolute Gasteiger partial charge is 0.369 e. The number of benzene rings is 2. The van der Waals surface area contributed by atoms with Crippen LogP contribution >= 0.6 is 0 Å². The van der Waals surface area contributed by atoms with Crippen LogP contribution in [0.4, 0.5) is 11.4 Å². The Kier molecular flexibility index (Phi) is 4.65. The van der Waals surface area contributed by atoms with E-state index in [1.54, 1.807) is 24.3 Å². The van der Waals surface area contributed by atoms with E-state index < -0.39 is 15.4 Å². The van der Waals surface area contributed by atoms with Crippen molar-refractivity contribution in [3.63, 3.8) is 0 Å². The number of nitrogens with zero attached hydrogens (tertiary/aromatic N) is 1. The fourth-order valence-corrected chi connectivity index (χ4v) is 5.07. The third-order valence-electron chi connectivity index (χ3n) is 5.47. The second kappa shape index (κ2) is 6.98. The summed E-state index contributed by atoms with van der Waals surface area (Å²) in [4.78, 5) is 15.1. The lowest BCUT2D eigenvalue weighted by molar-refractivity contribution is -0.122. The van der Waals surface area contributed by atoms with Crippen molar-refractivity contribution in [2.45, 2.75) is 23.3 Å². The van der Waals surface area contributed by atoms with Crippen LogP contribution in [-0.2, 0) is 14.6 Å². The number of hydrogen-bond donors (Lipinski definition) is 2. The van der Waals surface area contributed by atoms with Gasteiger partial charge in [0.1, 0.15) is 5.54 Å². The molecule has 1 amide bonds. The average molecular weight is 385 g/mol. The van der Waals surface area contributed by atoms with E-state index in [2.05, 4.69) is 15.5 Å². The van der Waals surface area contributed by atoms with E-state index in [0.717, 1.165) is 11.4 Å². The average Bonchev–Trinajstić information content (AvgIpc) is 2.69. The van der Waals surface area contributed by atoms with Gasteiger partial charge in [0.05, 0.1) is 22.0 Å². The van der Waals surface area contributed by atoms with Crippen LogP contribution in [-0.4, -0.2) is 50.2 Å². The maximum absolute atomic E-state index is 12.7. The Balaban J connectivity index is 1.38. The smallest absolute Gasteiger partial charge is 0.250 e. The van der Waals surface area contributed by atoms with Gasteiger partial charge in [0.15, 0.2) is 9.84 Å². The van der Waals surface area contributed by atoms with Crippen LogP contribution in [0.3, 0.4) is 0 Å². The molecule has 0 bridgehead atoms. The van der Waals surface area contributed by atoms with E-state index >= 15 is 0 Å². The first-order chi connectivity index (χ1) is 13.0. The molecule has 0 aromatic heterocycles. The van der Waals surface area contributed by atoms with Crippen LogP contribution in [0, 0.1) is 0 Å². The summed E-state index contributed by atoms with van der Waals surface area (Å²) < 4.78 is 24.9. The maximum atomic E-state index is 12.7. The third-order valence-corrected chi connectivity index (χ3v) is 7.18. The standard InChI is InChI=1S/C20H23N3O3S/c24-19-20(22-18-9-5-4-8-17(18)21-19)10-12-23(13-11-20)14-15-27(25,26)16-6-2-1-3-7-16/h1-9,22H,10-15H2,(H,21,24). The third kappa shape index (κ3) is 3.57. The SMILES string of the molecule is O=C1Nc2ccccc2NC12CCN(CCS(=O)(=O)c1ccccc1)CC2. The molecule has 0 unspecified atom stereocenters. The minimum atomic E-state index is -3.28. The Morgan fingerprint density at radius 2 is 1.56 bits per heavy atom. The Bertz CT molecular complexity index is 936. The summed E-state index contributed by atoms with van der Waals surface area (Å²) in [5.74, 6) is 0.0877. The molecule has 0 atom stereocenters. The number of likely N-dealkylation sites (tertiary alicyclic amines) is 1. The van der Waals surface area contributed by atoms with Crippen LogP contribution in [0.2, 0.25) is 0 Å². The van der Waals surface area contributed by atoms with Crippen molar-refractivity contribution in [1.29, 1.82) is 0 Å². The summed E-state index contributed by atoms with van der Waals surface area (Å²) in [6.07, 6.45) is 1.30. The highest BCUT2D eigenvalue weighted by Crippen LogP contribution is 2.36. The first-order valence-corrected chi connectivity index (χ1v) is 10.8. The van der Waals surface area contributed by atoms with Gasteiger partial charge in [0.2, 0.25) is 5.91 Å². The Morgan fingerprint density at radius 3 is 2.26 bits per heavy atom. The van der Waals surface area contributed by atoms with Crippen LogP contribution in [0.5, 0.6) is 0 Å². The molecule has 27 heavy (non-hydrogen) atoms. The van der Waals surface area contributed by atoms with Crippen LogP contribution in [0.25, 0.3) is 0 Å². The van der Waals surface area contributed by atoms with E-state index in [-0.39, 0.29) is 11.7 Å². The second-order valence-corrected chi connectivity index (χ2v) is 9.29. The molecule has 1 saturated heterocycles. The Hall–Kier alpha value is -2.38. The van der Waals surface area contributed by atoms with Gasteiger partial charge in [-0.15, -0.1) is 0 Å². The molecule has 2 aliphatic heterocycles. The van der Waals surface area contributed by atoms with Gasteiger partial charge in [-0.2, -0.15) is 0 Å². The molecule has 1 fully saturated rings. The lowest BCUT2D eigenvalue weighted by atomic mass is 9.84. The molecule has 142 valence electrons. The molecule has 2 aromatic carbocycles. The fourth-order valence-electron chi connectivity index (χ4n) is 3.76. The molecule has 2 heterocycles. The van der Waals surface area contributed by atoms with Crippen LogP contribution in [0.15, 0.2) is 59.5 Å². The zero-order chi connectivity index (χ0) is 18.9. The van der Waals surface area contributed by atoms with Crippen LogP contribution in [0.1, 0.15) is 12.8 Å². The topological polar surface area (TPSA) is 78.5 Å². The summed E-state index contributed by atoms with van der Waals surface area (Å²) in [6, 6.07) is 16.2. The highest BCUT2D eigenvalue weighted by atomic mass is 32.2. The number of fused-ring (bicyclic) bond motifs is 1. The number of piperidine rings is 1. The molecule has 0 radical (unpaired) electrons. The Morgan fingerprint density at radius 1 is 0.926 bits per heavy atom. The number of anilines is 2. The lowest BCUT2D eigenvalue weighted by Gasteiger charge is -2.44. The minimum Gasteiger partial charge on any atom is -0.369 e. The number of para-hydroxylation sites is 2. The van der Waals surface area contributed by atoms with E-state index in [0.29, 0.717) is 37.4 Å². The van der Waals surface area contributed by atoms with Crippen molar-refractivity contribution in [1.82, 2.24) is 4.90 Å². The summed E-state index contributed by atoms with van der Waals surface area (Å²) >= 11 is 0. The molecule has 6 nitrogen and oxygen atoms in total. The van der Waals surface area contributed by atoms with Gasteiger partial charge in [0, 0.05) is 19.6 Å². The van der Waals surface area contributed by atoms with Gasteiger partial charge >= 0.3 is 0 Å². The number of sulfone groups is 1. The van der Waals surface area contributed by atoms with Gasteiger partial charge in [-0.25, -0.2) is 8.42 Å². The normalized spacial score (nSPS) is 19.2. The van der Waals surface area contributed by atoms with E-state index in [1.807, 2.05) is 30.3 Å². The number of nitrogens with one attached hydrogen (secondary N) is 2. The van der Waals surface area contributed by atoms with Crippen molar-refractivity contribution < 1.29 is 13.2 Å². The highest BCUT2D eigenvalue weighted by molar-refractivity contribution is 7.91. The second-order valence-electron chi connectivity index (χ2n) is 7.18. The Labute approximate surface area is 159 Å². The first-order valence-electron chi connectivity index (χ1n) is 9.17. The predicted molar refractivity (Wildman–Crippen MR) is 106 cm³/mol. The number of hydrogen-bond acceptors (Lipinski definition) is 5. The number of carbonyl (C=O) groups is 1. The summed E-state index contributed by atoms with van der Waals surface area (Å²) in [6.45, 7) is 1.85. The van der Waals surface area contributed by atoms with Gasteiger partial charge < -0.3 is 15.5 Å². The molecule has 4 rings (SSSR count). The maximum Gasteiger partial charge on any atom is 0.250 e. The van der Waals surface area contributed by atoms with Gasteiger partial charge in [-0.05, 0) is 37.1 Å². The van der Waals surface area contributed by atoms with E-state index in [1.165, 1.54) is 0 Å². The van der Waals surface area contributed by atoms with Crippen molar-refractivity contribution >= 4 is 27.1 Å². The summed E-state index contributed by atoms with van der Waals surface area (Å²) in [5.41, 5.74) is 1.14. The summed E-state index contributed by atoms with van der Waals surface area (Å²) in [5, 5.41) is 6.42. The van der Waals surface area contributed by atoms with Crippen LogP contribution < -0.4 is 10.6 Å². The van der Waals surface area contributed by atoms with Gasteiger partial charge in [-0.1, -0.05) is 30.3 Å². The van der Waals surface area contributed by atoms with E-state index in [4.69, 9.17) is 0 Å². The molecular weight excluding hydrogens is 362 g/mol. The minimum absolute atomic E-state index is 0.00208. The molecule has 1 spiro atoms. The quantitative estimate of drug-likeness (QED) is 0.845. The molecule has 0 aliphatic carbocycles. The molecular formula is C20H23N3O3S. The van der Waals surface area contributed by atoms with Crippen molar-refractivity contribution in [3.8, 4) is 0 Å². The molecule has 2 aliphatic rings. The number of carbonyl (C=O) groups excluding carboxylic acids is 1. The first kappa shape index (κ1) is 18.0. The summed E-state index contributed by atoms with van der Waals surface area (Å²) in [7, 11) is -3.28. The van der Waals surface area contributed by atoms with E-state index in [9.17, 15) is 13.2 Å². The number of rotatable bonds is 4. The molecule has 2 aromatic rings. The fraction of sp³-hybridized carbons (Fsp3) is 0.350. The lowest BCUT2D eigenvalue weighted by Crippen LogP contribution is -2.58. The monoisotopic (exact) mass is 385 g/mol. The molecule has 7 heteroatoms. The predicted octanol–water partition coefficient (Wildman–Crippen LogP) is 2.36. The molecule has 0 saturated carbocycles. The van der Waals surface area contributed by atoms with Crippen molar-refractivity contribution in [2.75, 3.05) is 36.0 Å². The zero-order valence-electron chi connectivity index (χ0n) is 15.0. The highest BCUT2D eigenvalue weighted by Gasteiger charge is 2.44. The molecule has 2 N–H and O–H groups in total. The van der Waals surface area contributed by atoms with Gasteiger partial charge in [0.25, 0.3) is 0 Å². The zero-order valence-corrected chi connectivity index (χ0v) is 15.8. The van der Waals surface area contributed by atoms with Crippen molar-refractivity contribution in [2.24, 2.45) is 0 Å². The van der Waals surface area contributed by atoms with Crippen molar-refractivity contribution in [3.05, 3.63) is 54.6 Å². The van der Waals surface area contributed by atoms with Gasteiger partial charge in [-0.3, -0.25) is 4.79 Å². The number of amides is 1.